The van der Waals surface area contributed by atoms with Gasteiger partial charge in [0.2, 0.25) is 0 Å². The van der Waals surface area contributed by atoms with Crippen LogP contribution in [0, 0.1) is 0 Å². The van der Waals surface area contributed by atoms with E-state index in [2.05, 4.69) is 187 Å². The highest BCUT2D eigenvalue weighted by Crippen LogP contribution is 2.43. The van der Waals surface area contributed by atoms with Crippen LogP contribution in [-0.2, 0) is 0 Å². The molecule has 1 aliphatic carbocycles. The van der Waals surface area contributed by atoms with E-state index >= 15 is 0 Å². The number of furan rings is 2. The summed E-state index contributed by atoms with van der Waals surface area (Å²) in [6, 6.07) is 64.8. The van der Waals surface area contributed by atoms with Gasteiger partial charge in [0.25, 0.3) is 0 Å². The van der Waals surface area contributed by atoms with Gasteiger partial charge in [0.1, 0.15) is 22.2 Å². The van der Waals surface area contributed by atoms with Gasteiger partial charge >= 0.3 is 0 Å². The monoisotopic (exact) mass is 705 g/mol. The van der Waals surface area contributed by atoms with Gasteiger partial charge in [0.05, 0.1) is 0 Å². The Kier molecular flexibility index (Phi) is 7.31. The van der Waals surface area contributed by atoms with Gasteiger partial charge in [-0.2, -0.15) is 0 Å². The van der Waals surface area contributed by atoms with Gasteiger partial charge in [-0.15, -0.1) is 0 Å². The van der Waals surface area contributed by atoms with E-state index in [4.69, 9.17) is 8.83 Å². The number of hydrogen-bond donors (Lipinski definition) is 0. The summed E-state index contributed by atoms with van der Waals surface area (Å²) in [7, 11) is 0. The highest BCUT2D eigenvalue weighted by Gasteiger charge is 2.21. The third-order valence-electron chi connectivity index (χ3n) is 11.2. The standard InChI is InChI=1S/C52H35NO2/c1-3-12-34(13-4-1)36-22-26-38(27-23-36)53(39-28-24-37(25-29-39)35-14-5-2-6-15-35)40-30-31-42-47-33-46(41-16-7-8-17-44(41)52(47)55-50(42)32-40)43-19-11-21-49-51(43)45-18-9-10-20-48(45)54-49/h1-10,12-18,20-33H,11,19H2. The molecule has 260 valence electrons. The molecule has 0 N–H and O–H groups in total. The van der Waals surface area contributed by atoms with Crippen LogP contribution in [0.25, 0.3) is 77.6 Å². The summed E-state index contributed by atoms with van der Waals surface area (Å²) in [6.45, 7) is 0. The molecule has 0 aliphatic heterocycles. The van der Waals surface area contributed by atoms with Crippen molar-refractivity contribution in [1.82, 2.24) is 0 Å². The Morgan fingerprint density at radius 2 is 0.964 bits per heavy atom. The summed E-state index contributed by atoms with van der Waals surface area (Å²) >= 11 is 0. The van der Waals surface area contributed by atoms with Crippen molar-refractivity contribution in [3.05, 3.63) is 198 Å². The molecule has 0 saturated heterocycles. The third kappa shape index (κ3) is 5.27. The van der Waals surface area contributed by atoms with E-state index in [1.165, 1.54) is 49.4 Å². The molecule has 0 radical (unpaired) electrons. The van der Waals surface area contributed by atoms with E-state index in [1.807, 2.05) is 6.07 Å². The van der Waals surface area contributed by atoms with Gasteiger partial charge in [-0.25, -0.2) is 0 Å². The molecule has 2 aromatic heterocycles. The lowest BCUT2D eigenvalue weighted by Crippen LogP contribution is -2.26. The Balaban J connectivity index is 1.09. The van der Waals surface area contributed by atoms with Crippen molar-refractivity contribution in [2.45, 2.75) is 12.8 Å². The summed E-state index contributed by atoms with van der Waals surface area (Å²) in [6.07, 6.45) is 4.13. The lowest BCUT2D eigenvalue weighted by molar-refractivity contribution is 0.571. The molecule has 3 nitrogen and oxygen atoms in total. The van der Waals surface area contributed by atoms with Crippen molar-refractivity contribution < 1.29 is 8.83 Å². The van der Waals surface area contributed by atoms with Crippen LogP contribution in [0.2, 0.25) is 0 Å². The van der Waals surface area contributed by atoms with Crippen LogP contribution in [0.3, 0.4) is 0 Å². The van der Waals surface area contributed by atoms with Crippen molar-refractivity contribution in [1.29, 1.82) is 0 Å². The maximum Gasteiger partial charge on any atom is 0.143 e. The van der Waals surface area contributed by atoms with Crippen LogP contribution in [0.1, 0.15) is 18.4 Å². The molecule has 0 spiro atoms. The van der Waals surface area contributed by atoms with E-state index in [0.717, 1.165) is 68.2 Å². The Hall–Kier alpha value is -7.10. The molecule has 8 aromatic carbocycles. The minimum Gasteiger partial charge on any atom is -0.456 e. The predicted octanol–water partition coefficient (Wildman–Crippen LogP) is 13.1. The first-order valence-corrected chi connectivity index (χ1v) is 19.0. The van der Waals surface area contributed by atoms with E-state index < -0.39 is 0 Å². The molecule has 1 aliphatic rings. The molecule has 10 aromatic rings. The minimum absolute atomic E-state index is 0.859. The largest absolute Gasteiger partial charge is 0.456 e. The average molecular weight is 706 g/mol. The summed E-state index contributed by atoms with van der Waals surface area (Å²) in [5.41, 5.74) is 14.2. The molecule has 0 atom stereocenters. The predicted molar refractivity (Wildman–Crippen MR) is 228 cm³/mol. The number of benzene rings is 8. The van der Waals surface area contributed by atoms with Gasteiger partial charge in [0, 0.05) is 49.9 Å². The van der Waals surface area contributed by atoms with Crippen molar-refractivity contribution >= 4 is 72.4 Å². The fraction of sp³-hybridized carbons (Fsp3) is 0.0385. The van der Waals surface area contributed by atoms with Gasteiger partial charge in [-0.1, -0.05) is 127 Å². The first-order valence-electron chi connectivity index (χ1n) is 19.0. The van der Waals surface area contributed by atoms with Crippen LogP contribution in [-0.4, -0.2) is 0 Å². The smallest absolute Gasteiger partial charge is 0.143 e. The fourth-order valence-corrected chi connectivity index (χ4v) is 8.55. The second-order valence-corrected chi connectivity index (χ2v) is 14.3. The van der Waals surface area contributed by atoms with Crippen LogP contribution >= 0.6 is 0 Å². The highest BCUT2D eigenvalue weighted by molar-refractivity contribution is 6.18. The van der Waals surface area contributed by atoms with Gasteiger partial charge in [-0.3, -0.25) is 0 Å². The van der Waals surface area contributed by atoms with E-state index in [1.54, 1.807) is 0 Å². The van der Waals surface area contributed by atoms with E-state index in [-0.39, 0.29) is 0 Å². The maximum atomic E-state index is 6.89. The molecule has 0 bridgehead atoms. The molecule has 3 heteroatoms. The molecular weight excluding hydrogens is 671 g/mol. The Labute approximate surface area is 318 Å². The number of anilines is 3. The zero-order valence-electron chi connectivity index (χ0n) is 30.1. The Morgan fingerprint density at radius 3 is 1.64 bits per heavy atom. The molecule has 0 amide bonds. The quantitative estimate of drug-likeness (QED) is 0.172. The van der Waals surface area contributed by atoms with Crippen molar-refractivity contribution in [2.24, 2.45) is 0 Å². The summed E-state index contributed by atoms with van der Waals surface area (Å²) < 4.78 is 13.3. The molecular formula is C52H35NO2. The van der Waals surface area contributed by atoms with Crippen molar-refractivity contribution in [2.75, 3.05) is 4.90 Å². The highest BCUT2D eigenvalue weighted by atomic mass is 16.3. The van der Waals surface area contributed by atoms with Crippen LogP contribution in [0.5, 0.6) is 0 Å². The third-order valence-corrected chi connectivity index (χ3v) is 11.2. The topological polar surface area (TPSA) is 29.5 Å². The number of para-hydroxylation sites is 1. The Bertz CT molecular complexity index is 3090. The molecule has 0 unspecified atom stereocenters. The SMILES string of the molecule is C1=c2oc3ccccc3c2=C(c2cc3c4ccc(N(c5ccc(-c6ccccc6)cc5)c5ccc(-c6ccccc6)cc5)cc4oc3c3ccccc23)CC1. The van der Waals surface area contributed by atoms with Crippen LogP contribution in [0.15, 0.2) is 191 Å². The van der Waals surface area contributed by atoms with E-state index in [0.29, 0.717) is 0 Å². The molecule has 11 rings (SSSR count). The number of hydrogen-bond acceptors (Lipinski definition) is 3. The molecule has 55 heavy (non-hydrogen) atoms. The van der Waals surface area contributed by atoms with Crippen LogP contribution in [0.4, 0.5) is 17.1 Å². The lowest BCUT2D eigenvalue weighted by Gasteiger charge is -2.26. The number of nitrogens with zero attached hydrogens (tertiary/aromatic N) is 1. The molecule has 0 fully saturated rings. The molecule has 2 heterocycles. The second-order valence-electron chi connectivity index (χ2n) is 14.3. The van der Waals surface area contributed by atoms with Gasteiger partial charge in [0.15, 0.2) is 0 Å². The maximum absolute atomic E-state index is 6.89. The zero-order valence-corrected chi connectivity index (χ0v) is 30.1. The van der Waals surface area contributed by atoms with Crippen molar-refractivity contribution in [3.63, 3.8) is 0 Å². The zero-order chi connectivity index (χ0) is 36.3. The van der Waals surface area contributed by atoms with Crippen LogP contribution < -0.4 is 15.5 Å². The fourth-order valence-electron chi connectivity index (χ4n) is 8.55. The van der Waals surface area contributed by atoms with Gasteiger partial charge < -0.3 is 13.7 Å². The summed E-state index contributed by atoms with van der Waals surface area (Å²) in [5.74, 6) is 0. The Morgan fingerprint density at radius 1 is 0.400 bits per heavy atom. The first-order chi connectivity index (χ1) is 27.3. The molecule has 0 saturated carbocycles. The summed E-state index contributed by atoms with van der Waals surface area (Å²) in [4.78, 5) is 2.32. The second kappa shape index (κ2) is 12.8. The summed E-state index contributed by atoms with van der Waals surface area (Å²) in [5, 5.41) is 6.93. The lowest BCUT2D eigenvalue weighted by atomic mass is 9.89. The minimum atomic E-state index is 0.859. The van der Waals surface area contributed by atoms with Crippen molar-refractivity contribution in [3.8, 4) is 22.3 Å². The number of fused-ring (bicyclic) bond motifs is 8. The van der Waals surface area contributed by atoms with E-state index in [9.17, 15) is 0 Å². The average Bonchev–Trinajstić information content (AvgIpc) is 3.83. The normalized spacial score (nSPS) is 12.7. The van der Waals surface area contributed by atoms with Gasteiger partial charge in [-0.05, 0) is 106 Å². The first kappa shape index (κ1) is 31.4. The number of rotatable bonds is 6.